The minimum atomic E-state index is -3.00. The van der Waals surface area contributed by atoms with E-state index in [0.717, 1.165) is 5.75 Å². The molecular weight excluding hydrogens is 306 g/mol. The number of hydrogen-bond donors (Lipinski definition) is 0. The molecule has 0 heterocycles. The number of rotatable bonds is 8. The minimum absolute atomic E-state index is 0.0308. The third-order valence-corrected chi connectivity index (χ3v) is 2.86. The van der Waals surface area contributed by atoms with Crippen molar-refractivity contribution < 1.29 is 27.8 Å². The maximum Gasteiger partial charge on any atom is 0.387 e. The number of para-hydroxylation sites is 2. The summed E-state index contributed by atoms with van der Waals surface area (Å²) in [6.07, 6.45) is 0.485. The molecule has 0 aliphatic carbocycles. The Hall–Kier alpha value is -2.63. The van der Waals surface area contributed by atoms with Crippen LogP contribution < -0.4 is 9.47 Å². The summed E-state index contributed by atoms with van der Waals surface area (Å²) in [7, 11) is 0. The number of carbonyl (C=O) groups excluding carboxylic acids is 1. The molecule has 0 radical (unpaired) electrons. The standard InChI is InChI=1S/C17H16F2O4/c18-17(19)23-15-10-5-4-9-14(15)16(20)22-12-6-11-21-13-7-2-1-3-8-13/h1-5,7-10,17H,6,11-12H2. The molecule has 0 saturated carbocycles. The van der Waals surface area contributed by atoms with Gasteiger partial charge in [0.15, 0.2) is 0 Å². The highest BCUT2D eigenvalue weighted by Gasteiger charge is 2.16. The molecule has 0 amide bonds. The predicted molar refractivity (Wildman–Crippen MR) is 79.9 cm³/mol. The zero-order valence-corrected chi connectivity index (χ0v) is 12.3. The zero-order chi connectivity index (χ0) is 16.5. The molecule has 2 rings (SSSR count). The lowest BCUT2D eigenvalue weighted by Crippen LogP contribution is -2.12. The normalized spacial score (nSPS) is 10.4. The van der Waals surface area contributed by atoms with Crippen LogP contribution in [0.3, 0.4) is 0 Å². The summed E-state index contributed by atoms with van der Waals surface area (Å²) in [5.41, 5.74) is -0.0308. The number of alkyl halides is 2. The van der Waals surface area contributed by atoms with Crippen molar-refractivity contribution in [2.75, 3.05) is 13.2 Å². The van der Waals surface area contributed by atoms with E-state index in [1.807, 2.05) is 30.3 Å². The Bertz CT molecular complexity index is 617. The summed E-state index contributed by atoms with van der Waals surface area (Å²) < 4.78 is 39.4. The van der Waals surface area contributed by atoms with E-state index in [-0.39, 0.29) is 17.9 Å². The van der Waals surface area contributed by atoms with Crippen molar-refractivity contribution in [2.45, 2.75) is 13.0 Å². The first-order valence-corrected chi connectivity index (χ1v) is 7.05. The van der Waals surface area contributed by atoms with E-state index in [9.17, 15) is 13.6 Å². The second-order valence-electron chi connectivity index (χ2n) is 4.53. The number of esters is 1. The van der Waals surface area contributed by atoms with Crippen LogP contribution in [-0.4, -0.2) is 25.8 Å². The lowest BCUT2D eigenvalue weighted by atomic mass is 10.2. The van der Waals surface area contributed by atoms with Crippen molar-refractivity contribution in [1.82, 2.24) is 0 Å². The van der Waals surface area contributed by atoms with Gasteiger partial charge in [-0.15, -0.1) is 0 Å². The van der Waals surface area contributed by atoms with Crippen molar-refractivity contribution in [3.8, 4) is 11.5 Å². The van der Waals surface area contributed by atoms with Crippen LogP contribution in [-0.2, 0) is 4.74 Å². The van der Waals surface area contributed by atoms with Crippen molar-refractivity contribution in [2.24, 2.45) is 0 Å². The van der Waals surface area contributed by atoms with Crippen LogP contribution in [0.15, 0.2) is 54.6 Å². The van der Waals surface area contributed by atoms with E-state index < -0.39 is 12.6 Å². The van der Waals surface area contributed by atoms with E-state index in [2.05, 4.69) is 4.74 Å². The summed E-state index contributed by atoms with van der Waals surface area (Å²) in [6, 6.07) is 15.0. The molecule has 122 valence electrons. The Morgan fingerprint density at radius 1 is 0.957 bits per heavy atom. The quantitative estimate of drug-likeness (QED) is 0.546. The van der Waals surface area contributed by atoms with Crippen LogP contribution in [0.5, 0.6) is 11.5 Å². The summed E-state index contributed by atoms with van der Waals surface area (Å²) in [5, 5.41) is 0. The van der Waals surface area contributed by atoms with Gasteiger partial charge in [-0.25, -0.2) is 4.79 Å². The second-order valence-corrected chi connectivity index (χ2v) is 4.53. The maximum atomic E-state index is 12.3. The van der Waals surface area contributed by atoms with Gasteiger partial charge in [0.1, 0.15) is 17.1 Å². The molecule has 0 saturated heterocycles. The third-order valence-electron chi connectivity index (χ3n) is 2.86. The topological polar surface area (TPSA) is 44.8 Å². The molecule has 0 fully saturated rings. The smallest absolute Gasteiger partial charge is 0.387 e. The average Bonchev–Trinajstić information content (AvgIpc) is 2.55. The van der Waals surface area contributed by atoms with E-state index >= 15 is 0 Å². The van der Waals surface area contributed by atoms with Crippen LogP contribution in [0.25, 0.3) is 0 Å². The summed E-state index contributed by atoms with van der Waals surface area (Å²) >= 11 is 0. The van der Waals surface area contributed by atoms with Crippen LogP contribution in [0, 0.1) is 0 Å². The SMILES string of the molecule is O=C(OCCCOc1ccccc1)c1ccccc1OC(F)F. The minimum Gasteiger partial charge on any atom is -0.493 e. The molecule has 0 bridgehead atoms. The maximum absolute atomic E-state index is 12.3. The van der Waals surface area contributed by atoms with Crippen LogP contribution in [0.2, 0.25) is 0 Å². The summed E-state index contributed by atoms with van der Waals surface area (Å²) in [6.45, 7) is -2.50. The average molecular weight is 322 g/mol. The van der Waals surface area contributed by atoms with Gasteiger partial charge in [-0.1, -0.05) is 30.3 Å². The highest BCUT2D eigenvalue weighted by Crippen LogP contribution is 2.21. The Morgan fingerprint density at radius 3 is 2.39 bits per heavy atom. The van der Waals surface area contributed by atoms with Crippen molar-refractivity contribution in [3.05, 3.63) is 60.2 Å². The van der Waals surface area contributed by atoms with E-state index in [1.165, 1.54) is 18.2 Å². The molecule has 0 aliphatic rings. The third kappa shape index (κ3) is 5.58. The number of benzene rings is 2. The number of carbonyl (C=O) groups is 1. The highest BCUT2D eigenvalue weighted by atomic mass is 19.3. The Labute approximate surface area is 132 Å². The first-order chi connectivity index (χ1) is 11.2. The van der Waals surface area contributed by atoms with Gasteiger partial charge in [0.25, 0.3) is 0 Å². The molecule has 2 aromatic carbocycles. The molecule has 0 N–H and O–H groups in total. The van der Waals surface area contributed by atoms with Gasteiger partial charge in [0, 0.05) is 6.42 Å². The fourth-order valence-corrected chi connectivity index (χ4v) is 1.84. The second kappa shape index (κ2) is 8.73. The number of halogens is 2. The van der Waals surface area contributed by atoms with Gasteiger partial charge < -0.3 is 14.2 Å². The lowest BCUT2D eigenvalue weighted by Gasteiger charge is -2.10. The van der Waals surface area contributed by atoms with Crippen LogP contribution in [0.4, 0.5) is 8.78 Å². The van der Waals surface area contributed by atoms with E-state index in [4.69, 9.17) is 9.47 Å². The largest absolute Gasteiger partial charge is 0.493 e. The Kier molecular flexibility index (Phi) is 6.35. The first-order valence-electron chi connectivity index (χ1n) is 7.05. The van der Waals surface area contributed by atoms with E-state index in [0.29, 0.717) is 13.0 Å². The van der Waals surface area contributed by atoms with Gasteiger partial charge in [0.2, 0.25) is 0 Å². The molecule has 0 aliphatic heterocycles. The molecule has 0 atom stereocenters. The molecule has 4 nitrogen and oxygen atoms in total. The van der Waals surface area contributed by atoms with Crippen LogP contribution >= 0.6 is 0 Å². The molecule has 2 aromatic rings. The van der Waals surface area contributed by atoms with Crippen molar-refractivity contribution in [1.29, 1.82) is 0 Å². The number of hydrogen-bond acceptors (Lipinski definition) is 4. The summed E-state index contributed by atoms with van der Waals surface area (Å²) in [5.74, 6) is -0.177. The molecule has 23 heavy (non-hydrogen) atoms. The van der Waals surface area contributed by atoms with Gasteiger partial charge in [0.05, 0.1) is 13.2 Å². The van der Waals surface area contributed by atoms with Crippen LogP contribution in [0.1, 0.15) is 16.8 Å². The predicted octanol–water partition coefficient (Wildman–Crippen LogP) is 3.91. The molecule has 0 unspecified atom stereocenters. The van der Waals surface area contributed by atoms with Gasteiger partial charge in [-0.05, 0) is 24.3 Å². The van der Waals surface area contributed by atoms with Gasteiger partial charge in [-0.2, -0.15) is 8.78 Å². The zero-order valence-electron chi connectivity index (χ0n) is 12.3. The highest BCUT2D eigenvalue weighted by molar-refractivity contribution is 5.92. The molecular formula is C17H16F2O4. The fourth-order valence-electron chi connectivity index (χ4n) is 1.84. The Morgan fingerprint density at radius 2 is 1.65 bits per heavy atom. The van der Waals surface area contributed by atoms with Crippen molar-refractivity contribution >= 4 is 5.97 Å². The lowest BCUT2D eigenvalue weighted by molar-refractivity contribution is -0.0504. The van der Waals surface area contributed by atoms with Gasteiger partial charge >= 0.3 is 12.6 Å². The van der Waals surface area contributed by atoms with Gasteiger partial charge in [-0.3, -0.25) is 0 Å². The Balaban J connectivity index is 1.77. The molecule has 0 aromatic heterocycles. The monoisotopic (exact) mass is 322 g/mol. The number of ether oxygens (including phenoxy) is 3. The fraction of sp³-hybridized carbons (Fsp3) is 0.235. The molecule has 0 spiro atoms. The summed E-state index contributed by atoms with van der Waals surface area (Å²) in [4.78, 5) is 11.9. The molecule has 6 heteroatoms. The van der Waals surface area contributed by atoms with Crippen molar-refractivity contribution in [3.63, 3.8) is 0 Å². The van der Waals surface area contributed by atoms with E-state index in [1.54, 1.807) is 6.07 Å². The first kappa shape index (κ1) is 16.7.